The Balaban J connectivity index is -0.000000187. The van der Waals surface area contributed by atoms with Gasteiger partial charge in [-0.3, -0.25) is 28.8 Å². The van der Waals surface area contributed by atoms with Crippen LogP contribution in [0.1, 0.15) is 25.7 Å². The van der Waals surface area contributed by atoms with Crippen LogP contribution in [-0.4, -0.2) is 94.2 Å². The summed E-state index contributed by atoms with van der Waals surface area (Å²) in [5.41, 5.74) is -1.55. The summed E-state index contributed by atoms with van der Waals surface area (Å²) in [6.07, 6.45) is -0.491. The number of imide groups is 2. The van der Waals surface area contributed by atoms with Crippen molar-refractivity contribution in [1.29, 1.82) is 0 Å². The molecule has 0 aromatic carbocycles. The minimum Gasteiger partial charge on any atom is -0.457 e. The second kappa shape index (κ2) is 25.3. The molecule has 0 aromatic rings. The molecule has 2 fully saturated rings. The van der Waals surface area contributed by atoms with Crippen molar-refractivity contribution in [2.45, 2.75) is 25.7 Å². The second-order valence-corrected chi connectivity index (χ2v) is 6.36. The predicted octanol–water partition coefficient (Wildman–Crippen LogP) is 1.52. The number of carbonyl (C=O) groups excluding carboxylic acids is 8. The predicted molar refractivity (Wildman–Crippen MR) is 122 cm³/mol. The Morgan fingerprint density at radius 1 is 0.667 bits per heavy atom. The molecule has 4 amide bonds. The highest BCUT2D eigenvalue weighted by molar-refractivity contribution is 6.93. The fourth-order valence-corrected chi connectivity index (χ4v) is 1.35. The summed E-state index contributed by atoms with van der Waals surface area (Å²) in [5, 5.41) is 13.3. The molecule has 2 aliphatic rings. The number of rotatable bonds is 1. The zero-order chi connectivity index (χ0) is 29.4. The van der Waals surface area contributed by atoms with Crippen LogP contribution in [0.25, 0.3) is 0 Å². The van der Waals surface area contributed by atoms with Gasteiger partial charge in [0, 0.05) is 48.9 Å². The van der Waals surface area contributed by atoms with Crippen molar-refractivity contribution in [2.75, 3.05) is 28.4 Å². The molecule has 0 bridgehead atoms. The molecule has 0 unspecified atom stereocenters. The van der Waals surface area contributed by atoms with Gasteiger partial charge in [0.1, 0.15) is 7.11 Å². The van der Waals surface area contributed by atoms with Crippen LogP contribution in [0.2, 0.25) is 0 Å². The highest BCUT2D eigenvalue weighted by Gasteiger charge is 2.33. The van der Waals surface area contributed by atoms with Crippen LogP contribution in [0.3, 0.4) is 0 Å². The Morgan fingerprint density at radius 2 is 0.917 bits per heavy atom. The molecule has 16 nitrogen and oxygen atoms in total. The summed E-state index contributed by atoms with van der Waals surface area (Å²) in [4.78, 5) is 84.6. The fraction of sp³-hybridized carbons (Fsp3) is 0.500. The van der Waals surface area contributed by atoms with E-state index in [-0.39, 0.29) is 25.7 Å². The molecule has 2 heterocycles. The number of hydrogen-bond donors (Lipinski definition) is 0. The van der Waals surface area contributed by atoms with Crippen molar-refractivity contribution in [3.8, 4) is 0 Å². The van der Waals surface area contributed by atoms with E-state index in [9.17, 15) is 33.6 Å². The van der Waals surface area contributed by atoms with Gasteiger partial charge in [-0.05, 0) is 28.3 Å². The Labute approximate surface area is 223 Å². The molecular weight excluding hydrogens is 586 g/mol. The Hall–Kier alpha value is -2.76. The molecule has 20 heteroatoms. The number of hydroxylamine groups is 4. The van der Waals surface area contributed by atoms with Gasteiger partial charge >= 0.3 is 21.7 Å². The third-order valence-electron chi connectivity index (χ3n) is 2.71. The van der Waals surface area contributed by atoms with Crippen LogP contribution in [0.5, 0.6) is 0 Å². The van der Waals surface area contributed by atoms with Crippen molar-refractivity contribution in [3.63, 3.8) is 0 Å². The lowest BCUT2D eigenvalue weighted by Gasteiger charge is -2.10. The molecule has 0 aliphatic carbocycles. The van der Waals surface area contributed by atoms with Gasteiger partial charge in [0.25, 0.3) is 23.6 Å². The fourth-order valence-electron chi connectivity index (χ4n) is 1.35. The second-order valence-electron chi connectivity index (χ2n) is 4.86. The van der Waals surface area contributed by atoms with Gasteiger partial charge in [0.2, 0.25) is 0 Å². The first-order chi connectivity index (χ1) is 16.6. The average molecular weight is 610 g/mol. The molecule has 36 heavy (non-hydrogen) atoms. The summed E-state index contributed by atoms with van der Waals surface area (Å²) in [5.74, 6) is -1.83. The van der Waals surface area contributed by atoms with Crippen molar-refractivity contribution in [1.82, 2.24) is 10.1 Å². The molecular formula is C16H24Cl4N2O14+2. The summed E-state index contributed by atoms with van der Waals surface area (Å²) in [7, 11) is 4.78. The van der Waals surface area contributed by atoms with E-state index in [1.807, 2.05) is 0 Å². The first-order valence-electron chi connectivity index (χ1n) is 8.64. The summed E-state index contributed by atoms with van der Waals surface area (Å²) in [6.45, 7) is 0. The van der Waals surface area contributed by atoms with Gasteiger partial charge in [-0.15, -0.1) is 0 Å². The standard InChI is InChI=1S/C6H7NO5.C4H5NO3.2C2H3ClO2.CCl2O.CH4O/c1-11-6(10)12-7-4(8)2-3-5(7)9;6-3-1-2-4(7)5(3)8;2*1-5-2(3)4;2-1(3)4;1-2/h2-3H2,1H3;8H,1-2H2;2*1H3;;2H,1H3/p+2. The van der Waals surface area contributed by atoms with E-state index < -0.39 is 45.3 Å². The number of methoxy groups -OCH3 is 3. The number of nitrogens with zero attached hydrogens (tertiary/aromatic N) is 2. The average Bonchev–Trinajstić information content (AvgIpc) is 3.30. The molecule has 2 aliphatic heterocycles. The molecule has 2 saturated heterocycles. The molecule has 2 rings (SSSR count). The lowest BCUT2D eigenvalue weighted by Crippen LogP contribution is -2.31. The maximum absolute atomic E-state index is 10.8. The third-order valence-corrected chi connectivity index (χ3v) is 3.02. The molecule has 0 aromatic heterocycles. The quantitative estimate of drug-likeness (QED) is 0.135. The van der Waals surface area contributed by atoms with E-state index in [0.717, 1.165) is 7.11 Å². The van der Waals surface area contributed by atoms with E-state index in [1.54, 1.807) is 0 Å². The number of amides is 4. The van der Waals surface area contributed by atoms with Crippen LogP contribution in [0, 0.1) is 0 Å². The van der Waals surface area contributed by atoms with E-state index in [4.69, 9.17) is 15.1 Å². The molecule has 0 atom stereocenters. The van der Waals surface area contributed by atoms with Gasteiger partial charge in [-0.1, -0.05) is 5.06 Å². The first-order valence-corrected chi connectivity index (χ1v) is 10.2. The van der Waals surface area contributed by atoms with Crippen molar-refractivity contribution < 1.29 is 67.7 Å². The Bertz CT molecular complexity index is 715. The van der Waals surface area contributed by atoms with E-state index in [2.05, 4.69) is 65.5 Å². The molecule has 0 saturated carbocycles. The summed E-state index contributed by atoms with van der Waals surface area (Å²) < 4.78 is 11.0. The normalized spacial score (nSPS) is 12.8. The largest absolute Gasteiger partial charge is 0.533 e. The van der Waals surface area contributed by atoms with Gasteiger partial charge in [-0.2, -0.15) is 0 Å². The Kier molecular flexibility index (Phi) is 28.4. The highest BCUT2D eigenvalue weighted by Crippen LogP contribution is 2.12. The molecule has 0 radical (unpaired) electrons. The van der Waals surface area contributed by atoms with Crippen molar-refractivity contribution in [2.24, 2.45) is 0 Å². The van der Waals surface area contributed by atoms with Crippen LogP contribution in [-0.2, 0) is 38.2 Å². The van der Waals surface area contributed by atoms with Gasteiger partial charge in [0.15, 0.2) is 0 Å². The number of halogens is 4. The number of ether oxygens (including phenoxy) is 3. The number of carbonyl (C=O) groups is 8. The SMILES string of the molecule is COC(=O)Cl.COC(=O)Cl.COC(=O)ON1C(=O)CCC1=O.C[OH2+].O=C(Cl)Cl.O=C1CCC(=O)N1[OH2+]. The zero-order valence-electron chi connectivity index (χ0n) is 19.1. The van der Waals surface area contributed by atoms with Gasteiger partial charge < -0.3 is 24.5 Å². The van der Waals surface area contributed by atoms with Crippen LogP contribution >= 0.6 is 46.4 Å². The van der Waals surface area contributed by atoms with E-state index in [0.29, 0.717) is 10.1 Å². The summed E-state index contributed by atoms with van der Waals surface area (Å²) >= 11 is 18.0. The molecule has 0 spiro atoms. The highest BCUT2D eigenvalue weighted by atomic mass is 35.5. The molecule has 208 valence electrons. The Morgan fingerprint density at radius 3 is 1.08 bits per heavy atom. The molecule has 4 N–H and O–H groups in total. The van der Waals surface area contributed by atoms with Crippen molar-refractivity contribution >= 4 is 91.7 Å². The first kappa shape index (κ1) is 40.4. The number of hydrogen-bond acceptors (Lipinski definition) is 12. The van der Waals surface area contributed by atoms with Crippen molar-refractivity contribution in [3.05, 3.63) is 0 Å². The minimum atomic E-state index is -1.07. The summed E-state index contributed by atoms with van der Waals surface area (Å²) in [6, 6.07) is 0. The lowest BCUT2D eigenvalue weighted by molar-refractivity contribution is -0.176. The van der Waals surface area contributed by atoms with Gasteiger partial charge in [-0.25, -0.2) is 14.4 Å². The van der Waals surface area contributed by atoms with E-state index in [1.165, 1.54) is 21.3 Å². The third kappa shape index (κ3) is 25.9. The minimum absolute atomic E-state index is 0.0792. The zero-order valence-corrected chi connectivity index (χ0v) is 22.2. The van der Waals surface area contributed by atoms with Crippen LogP contribution in [0.15, 0.2) is 0 Å². The van der Waals surface area contributed by atoms with E-state index >= 15 is 0 Å². The van der Waals surface area contributed by atoms with Crippen LogP contribution < -0.4 is 0 Å². The maximum Gasteiger partial charge on any atom is 0.533 e. The monoisotopic (exact) mass is 608 g/mol. The lowest BCUT2D eigenvalue weighted by atomic mass is 10.4. The van der Waals surface area contributed by atoms with Gasteiger partial charge in [0.05, 0.1) is 21.3 Å². The maximum atomic E-state index is 10.8. The smallest absolute Gasteiger partial charge is 0.457 e. The van der Waals surface area contributed by atoms with Crippen LogP contribution in [0.4, 0.5) is 19.2 Å². The topological polar surface area (TPSA) is 226 Å².